The van der Waals surface area contributed by atoms with Gasteiger partial charge in [-0.15, -0.1) is 0 Å². The van der Waals surface area contributed by atoms with Gasteiger partial charge in [0.25, 0.3) is 0 Å². The van der Waals surface area contributed by atoms with Crippen LogP contribution in [-0.4, -0.2) is 24.1 Å². The fourth-order valence-corrected chi connectivity index (χ4v) is 5.99. The minimum Gasteiger partial charge on any atom is -0.497 e. The molecule has 2 aliphatic rings. The number of benzene rings is 2. The van der Waals surface area contributed by atoms with E-state index in [2.05, 4.69) is 52.1 Å². The first-order valence-electron chi connectivity index (χ1n) is 10.6. The van der Waals surface area contributed by atoms with Crippen LogP contribution in [0.25, 0.3) is 5.57 Å². The van der Waals surface area contributed by atoms with Crippen molar-refractivity contribution in [3.8, 4) is 5.75 Å². The molecule has 2 aromatic carbocycles. The average molecular weight is 436 g/mol. The molecule has 0 N–H and O–H groups in total. The number of rotatable bonds is 5. The molecule has 2 aliphatic heterocycles. The number of hydrogen-bond donors (Lipinski definition) is 0. The third-order valence-electron chi connectivity index (χ3n) is 6.57. The molecule has 2 unspecified atom stereocenters. The molecule has 4 heteroatoms. The summed E-state index contributed by atoms with van der Waals surface area (Å²) in [5.41, 5.74) is 6.84. The monoisotopic (exact) mass is 435 g/mol. The lowest BCUT2D eigenvalue weighted by molar-refractivity contribution is 0.158. The van der Waals surface area contributed by atoms with Crippen molar-refractivity contribution >= 4 is 28.5 Å². The van der Waals surface area contributed by atoms with Gasteiger partial charge in [0.2, 0.25) is 0 Å². The van der Waals surface area contributed by atoms with Crippen LogP contribution in [0.5, 0.6) is 5.75 Å². The van der Waals surface area contributed by atoms with Crippen molar-refractivity contribution < 1.29 is 4.74 Å². The molecule has 30 heavy (non-hydrogen) atoms. The normalized spacial score (nSPS) is 21.1. The van der Waals surface area contributed by atoms with Gasteiger partial charge >= 0.3 is 0 Å². The molecule has 2 nitrogen and oxygen atoms in total. The van der Waals surface area contributed by atoms with E-state index in [0.29, 0.717) is 12.1 Å². The maximum atomic E-state index is 6.47. The summed E-state index contributed by atoms with van der Waals surface area (Å²) in [7, 11) is 1.74. The second-order valence-electron chi connectivity index (χ2n) is 8.28. The first-order valence-corrected chi connectivity index (χ1v) is 11.9. The van der Waals surface area contributed by atoms with Crippen LogP contribution in [0, 0.1) is 0 Å². The van der Waals surface area contributed by atoms with Crippen molar-refractivity contribution in [2.45, 2.75) is 44.3 Å². The summed E-state index contributed by atoms with van der Waals surface area (Å²) in [5.74, 6) is 0.917. The van der Waals surface area contributed by atoms with Crippen molar-refractivity contribution in [2.24, 2.45) is 0 Å². The number of methoxy groups -OCH3 is 1. The summed E-state index contributed by atoms with van der Waals surface area (Å²) in [6.45, 7) is 0.954. The van der Waals surface area contributed by atoms with Crippen LogP contribution in [0.4, 0.5) is 0 Å². The van der Waals surface area contributed by atoms with Crippen molar-refractivity contribution in [1.82, 2.24) is 4.90 Å². The van der Waals surface area contributed by atoms with Crippen LogP contribution in [0.2, 0.25) is 5.02 Å². The van der Waals surface area contributed by atoms with E-state index in [0.717, 1.165) is 30.2 Å². The quantitative estimate of drug-likeness (QED) is 0.426. The Morgan fingerprint density at radius 2 is 1.83 bits per heavy atom. The molecule has 2 bridgehead atoms. The average Bonchev–Trinajstić information content (AvgIpc) is 3.36. The molecule has 2 fully saturated rings. The Bertz CT molecular complexity index is 1040. The molecule has 154 valence electrons. The van der Waals surface area contributed by atoms with E-state index in [1.165, 1.54) is 35.1 Å². The Kier molecular flexibility index (Phi) is 5.68. The molecule has 5 rings (SSSR count). The number of thiophene rings is 1. The van der Waals surface area contributed by atoms with E-state index in [9.17, 15) is 0 Å². The molecule has 0 saturated carbocycles. The zero-order valence-electron chi connectivity index (χ0n) is 17.2. The maximum absolute atomic E-state index is 6.47. The van der Waals surface area contributed by atoms with Gasteiger partial charge < -0.3 is 4.74 Å². The second-order valence-corrected chi connectivity index (χ2v) is 9.47. The molecule has 2 atom stereocenters. The number of nitrogens with zero attached hydrogens (tertiary/aromatic N) is 1. The van der Waals surface area contributed by atoms with Gasteiger partial charge in [-0.2, -0.15) is 11.3 Å². The van der Waals surface area contributed by atoms with Gasteiger partial charge in [0.1, 0.15) is 5.75 Å². The van der Waals surface area contributed by atoms with Crippen molar-refractivity contribution in [2.75, 3.05) is 7.11 Å². The SMILES string of the molecule is COc1cccc(C(=C2CC3CCC(C2)N3Cc2ccccc2Cl)c2ccsc2)c1. The number of piperidine rings is 1. The lowest BCUT2D eigenvalue weighted by Crippen LogP contribution is -2.40. The highest BCUT2D eigenvalue weighted by Gasteiger charge is 2.39. The molecule has 0 aliphatic carbocycles. The van der Waals surface area contributed by atoms with Gasteiger partial charge in [0, 0.05) is 23.7 Å². The minimum absolute atomic E-state index is 0.592. The van der Waals surface area contributed by atoms with Gasteiger partial charge in [-0.25, -0.2) is 0 Å². The highest BCUT2D eigenvalue weighted by Crippen LogP contribution is 2.44. The summed E-state index contributed by atoms with van der Waals surface area (Å²) >= 11 is 8.24. The van der Waals surface area contributed by atoms with Crippen LogP contribution in [0.1, 0.15) is 42.4 Å². The summed E-state index contributed by atoms with van der Waals surface area (Å²) < 4.78 is 5.52. The van der Waals surface area contributed by atoms with Gasteiger partial charge in [0.05, 0.1) is 7.11 Å². The molecule has 0 amide bonds. The smallest absolute Gasteiger partial charge is 0.119 e. The van der Waals surface area contributed by atoms with E-state index < -0.39 is 0 Å². The maximum Gasteiger partial charge on any atom is 0.119 e. The third-order valence-corrected chi connectivity index (χ3v) is 7.62. The van der Waals surface area contributed by atoms with Gasteiger partial charge in [0.15, 0.2) is 0 Å². The van der Waals surface area contributed by atoms with Crippen LogP contribution >= 0.6 is 22.9 Å². The van der Waals surface area contributed by atoms with Gasteiger partial charge in [-0.1, -0.05) is 47.5 Å². The van der Waals surface area contributed by atoms with Crippen molar-refractivity contribution in [3.63, 3.8) is 0 Å². The van der Waals surface area contributed by atoms with Crippen LogP contribution in [0.15, 0.2) is 70.9 Å². The first-order chi connectivity index (χ1) is 14.7. The zero-order chi connectivity index (χ0) is 20.5. The fourth-order valence-electron chi connectivity index (χ4n) is 5.15. The van der Waals surface area contributed by atoms with E-state index in [4.69, 9.17) is 16.3 Å². The predicted molar refractivity (Wildman–Crippen MR) is 126 cm³/mol. The second kappa shape index (κ2) is 8.58. The van der Waals surface area contributed by atoms with Crippen molar-refractivity contribution in [3.05, 3.63) is 92.6 Å². The largest absolute Gasteiger partial charge is 0.497 e. The molecule has 1 aromatic heterocycles. The predicted octanol–water partition coefficient (Wildman–Crippen LogP) is 7.04. The molecule has 3 aromatic rings. The summed E-state index contributed by atoms with van der Waals surface area (Å²) in [4.78, 5) is 2.70. The standard InChI is InChI=1S/C26H26ClNOS/c1-29-24-7-4-6-18(15-24)26(20-11-12-30-17-20)21-13-22-9-10-23(14-21)28(22)16-19-5-2-3-8-25(19)27/h2-8,11-12,15,17,22-23H,9-10,13-14,16H2,1H3. The number of hydrogen-bond acceptors (Lipinski definition) is 3. The molecule has 0 spiro atoms. The number of fused-ring (bicyclic) bond motifs is 2. The molecule has 2 saturated heterocycles. The van der Waals surface area contributed by atoms with Gasteiger partial charge in [-0.05, 0) is 83.0 Å². The van der Waals surface area contributed by atoms with Crippen LogP contribution in [-0.2, 0) is 6.54 Å². The first kappa shape index (κ1) is 19.9. The summed E-state index contributed by atoms with van der Waals surface area (Å²) in [6.07, 6.45) is 4.80. The van der Waals surface area contributed by atoms with Gasteiger partial charge in [-0.3, -0.25) is 4.90 Å². The summed E-state index contributed by atoms with van der Waals surface area (Å²) in [6, 6.07) is 20.2. The molecular formula is C26H26ClNOS. The Morgan fingerprint density at radius 1 is 1.03 bits per heavy atom. The van der Waals surface area contributed by atoms with Crippen molar-refractivity contribution in [1.29, 1.82) is 0 Å². The number of halogens is 1. The van der Waals surface area contributed by atoms with Crippen LogP contribution in [0.3, 0.4) is 0 Å². The lowest BCUT2D eigenvalue weighted by Gasteiger charge is -2.37. The Hall–Kier alpha value is -2.07. The van der Waals surface area contributed by atoms with E-state index >= 15 is 0 Å². The molecule has 3 heterocycles. The van der Waals surface area contributed by atoms with E-state index in [-0.39, 0.29) is 0 Å². The fraction of sp³-hybridized carbons (Fsp3) is 0.308. The highest BCUT2D eigenvalue weighted by atomic mass is 35.5. The van der Waals surface area contributed by atoms with E-state index in [1.54, 1.807) is 24.0 Å². The lowest BCUT2D eigenvalue weighted by atomic mass is 9.86. The zero-order valence-corrected chi connectivity index (χ0v) is 18.8. The van der Waals surface area contributed by atoms with Crippen LogP contribution < -0.4 is 4.74 Å². The van der Waals surface area contributed by atoms with E-state index in [1.807, 2.05) is 18.2 Å². The summed E-state index contributed by atoms with van der Waals surface area (Å²) in [5, 5.41) is 5.34. The molecular weight excluding hydrogens is 410 g/mol. The topological polar surface area (TPSA) is 12.5 Å². The Labute approximate surface area is 187 Å². The third kappa shape index (κ3) is 3.82. The Balaban J connectivity index is 1.49. The minimum atomic E-state index is 0.592. The Morgan fingerprint density at radius 3 is 2.53 bits per heavy atom. The highest BCUT2D eigenvalue weighted by molar-refractivity contribution is 7.08. The molecule has 0 radical (unpaired) electrons. The number of ether oxygens (including phenoxy) is 1.